The van der Waals surface area contributed by atoms with Crippen molar-refractivity contribution in [1.29, 1.82) is 0 Å². The molecule has 2 aliphatic heterocycles. The molecule has 1 aliphatic carbocycles. The maximum absolute atomic E-state index is 12.8. The van der Waals surface area contributed by atoms with E-state index in [0.717, 1.165) is 37.3 Å². The molecule has 2 heterocycles. The number of phenols is 4. The van der Waals surface area contributed by atoms with Crippen molar-refractivity contribution in [2.45, 2.75) is 37.6 Å². The number of hydrogen-bond acceptors (Lipinski definition) is 15. The molecule has 0 saturated carbocycles. The maximum atomic E-state index is 12.8. The summed E-state index contributed by atoms with van der Waals surface area (Å²) < 4.78 is 26.4. The van der Waals surface area contributed by atoms with Crippen molar-refractivity contribution >= 4 is 11.9 Å². The number of fused-ring (bicyclic) bond motifs is 1. The second-order valence-corrected chi connectivity index (χ2v) is 8.45. The number of phenolic OH excluding ortho intramolecular Hbond substituents is 4. The van der Waals surface area contributed by atoms with E-state index in [0.29, 0.717) is 0 Å². The van der Waals surface area contributed by atoms with Gasteiger partial charge in [-0.3, -0.25) is 9.59 Å². The lowest BCUT2D eigenvalue weighted by Gasteiger charge is -2.41. The van der Waals surface area contributed by atoms with E-state index in [1.807, 2.05) is 0 Å². The van der Waals surface area contributed by atoms with Crippen molar-refractivity contribution in [3.63, 3.8) is 0 Å². The first-order chi connectivity index (χ1) is 18.3. The van der Waals surface area contributed by atoms with Crippen LogP contribution in [0.1, 0.15) is 17.3 Å². The SMILES string of the molecule is CC(=O)OC[C@H]1O[C@@H](Oc2oc3cc(=O)cc(O)c-3cc2O)[C@H](OC(=O)c2cc(O)c(O)c(O)c2)[C@@H](O)[C@H]1O. The summed E-state index contributed by atoms with van der Waals surface area (Å²) in [6, 6.07) is 4.36. The Kier molecular flexibility index (Phi) is 7.40. The fourth-order valence-corrected chi connectivity index (χ4v) is 3.73. The van der Waals surface area contributed by atoms with Gasteiger partial charge in [-0.15, -0.1) is 0 Å². The molecule has 4 rings (SSSR count). The Labute approximate surface area is 217 Å². The van der Waals surface area contributed by atoms with Crippen LogP contribution in [0, 0.1) is 0 Å². The van der Waals surface area contributed by atoms with Gasteiger partial charge < -0.3 is 59.1 Å². The second-order valence-electron chi connectivity index (χ2n) is 8.45. The molecule has 7 N–H and O–H groups in total. The molecule has 39 heavy (non-hydrogen) atoms. The van der Waals surface area contributed by atoms with E-state index in [4.69, 9.17) is 23.4 Å². The molecule has 0 bridgehead atoms. The predicted octanol–water partition coefficient (Wildman–Crippen LogP) is -0.113. The summed E-state index contributed by atoms with van der Waals surface area (Å²) in [7, 11) is 0. The van der Waals surface area contributed by atoms with Crippen molar-refractivity contribution in [3.8, 4) is 46.0 Å². The minimum atomic E-state index is -1.95. The van der Waals surface area contributed by atoms with E-state index in [-0.39, 0.29) is 11.3 Å². The van der Waals surface area contributed by atoms with Crippen LogP contribution in [0.15, 0.2) is 39.5 Å². The van der Waals surface area contributed by atoms with E-state index >= 15 is 0 Å². The third-order valence-electron chi connectivity index (χ3n) is 5.65. The molecule has 0 spiro atoms. The first kappa shape index (κ1) is 27.3. The quantitative estimate of drug-likeness (QED) is 0.156. The van der Waals surface area contributed by atoms with Crippen LogP contribution < -0.4 is 10.2 Å². The van der Waals surface area contributed by atoms with E-state index in [1.54, 1.807) is 0 Å². The smallest absolute Gasteiger partial charge is 0.339 e. The first-order valence-corrected chi connectivity index (χ1v) is 11.1. The molecule has 1 saturated heterocycles. The van der Waals surface area contributed by atoms with Crippen molar-refractivity contribution < 1.29 is 68.7 Å². The Bertz CT molecular complexity index is 1410. The summed E-state index contributed by atoms with van der Waals surface area (Å²) in [5.74, 6) is -6.80. The molecule has 3 aliphatic rings. The summed E-state index contributed by atoms with van der Waals surface area (Å²) in [5.41, 5.74) is -1.18. The minimum absolute atomic E-state index is 0.0536. The zero-order chi connectivity index (χ0) is 28.6. The summed E-state index contributed by atoms with van der Waals surface area (Å²) in [6.07, 6.45) is -8.91. The number of ether oxygens (including phenoxy) is 4. The van der Waals surface area contributed by atoms with Gasteiger partial charge in [-0.05, 0) is 12.1 Å². The molecule has 0 amide bonds. The lowest BCUT2D eigenvalue weighted by Crippen LogP contribution is -2.61. The normalized spacial score (nSPS) is 22.8. The number of carbonyl (C=O) groups excluding carboxylic acids is 2. The van der Waals surface area contributed by atoms with Crippen molar-refractivity contribution in [1.82, 2.24) is 0 Å². The number of rotatable bonds is 6. The molecule has 208 valence electrons. The second kappa shape index (κ2) is 10.6. The molecule has 1 fully saturated rings. The fourth-order valence-electron chi connectivity index (χ4n) is 3.73. The highest BCUT2D eigenvalue weighted by Crippen LogP contribution is 2.41. The topological polar surface area (TPSA) is 243 Å². The third kappa shape index (κ3) is 5.59. The van der Waals surface area contributed by atoms with Gasteiger partial charge in [0.15, 0.2) is 34.5 Å². The van der Waals surface area contributed by atoms with Gasteiger partial charge in [-0.2, -0.15) is 0 Å². The minimum Gasteiger partial charge on any atom is -0.507 e. The van der Waals surface area contributed by atoms with E-state index in [2.05, 4.69) is 0 Å². The van der Waals surface area contributed by atoms with Gasteiger partial charge in [0.25, 0.3) is 0 Å². The van der Waals surface area contributed by atoms with Crippen molar-refractivity contribution in [3.05, 3.63) is 46.1 Å². The standard InChI is InChI=1S/C24H22O15/c1-8(25)35-7-17-19(32)20(33)21(38-22(34)9-2-13(28)18(31)14(29)3-9)24(37-17)39-23-15(30)6-11-12(27)4-10(26)5-16(11)36-23/h2-6,17,19-21,24,27-33H,7H2,1H3/t17-,19+,20+,21-,24+/m1/s1. The lowest BCUT2D eigenvalue weighted by atomic mass is 9.99. The highest BCUT2D eigenvalue weighted by Gasteiger charge is 2.49. The maximum Gasteiger partial charge on any atom is 0.339 e. The van der Waals surface area contributed by atoms with E-state index in [9.17, 15) is 50.1 Å². The molecular weight excluding hydrogens is 528 g/mol. The van der Waals surface area contributed by atoms with Crippen LogP contribution in [0.5, 0.6) is 34.7 Å². The number of benzene rings is 2. The Morgan fingerprint density at radius 1 is 0.897 bits per heavy atom. The Morgan fingerprint density at radius 2 is 1.56 bits per heavy atom. The average Bonchev–Trinajstić information content (AvgIpc) is 2.86. The zero-order valence-electron chi connectivity index (χ0n) is 19.9. The van der Waals surface area contributed by atoms with Crippen LogP contribution in [0.25, 0.3) is 11.3 Å². The van der Waals surface area contributed by atoms with Crippen LogP contribution in [0.2, 0.25) is 0 Å². The zero-order valence-corrected chi connectivity index (χ0v) is 19.9. The summed E-state index contributed by atoms with van der Waals surface area (Å²) in [4.78, 5) is 35.8. The molecule has 1 aromatic carbocycles. The number of esters is 2. The van der Waals surface area contributed by atoms with Crippen LogP contribution in [0.4, 0.5) is 0 Å². The molecule has 1 aromatic rings. The molecular formula is C24H22O15. The largest absolute Gasteiger partial charge is 0.507 e. The summed E-state index contributed by atoms with van der Waals surface area (Å²) >= 11 is 0. The Balaban J connectivity index is 1.68. The molecule has 0 aromatic heterocycles. The van der Waals surface area contributed by atoms with Gasteiger partial charge in [-0.25, -0.2) is 4.79 Å². The summed E-state index contributed by atoms with van der Waals surface area (Å²) in [5, 5.41) is 70.5. The van der Waals surface area contributed by atoms with Gasteiger partial charge in [0.05, 0.1) is 11.1 Å². The van der Waals surface area contributed by atoms with Crippen LogP contribution in [0.3, 0.4) is 0 Å². The number of carbonyl (C=O) groups is 2. The van der Waals surface area contributed by atoms with Crippen LogP contribution in [-0.2, 0) is 19.0 Å². The molecule has 0 unspecified atom stereocenters. The molecule has 15 nitrogen and oxygen atoms in total. The molecule has 5 atom stereocenters. The van der Waals surface area contributed by atoms with E-state index in [1.165, 1.54) is 0 Å². The van der Waals surface area contributed by atoms with Crippen LogP contribution in [-0.4, -0.2) is 85.0 Å². The van der Waals surface area contributed by atoms with E-state index < -0.39 is 94.9 Å². The fraction of sp³-hybridized carbons (Fsp3) is 0.292. The molecule has 15 heteroatoms. The number of aromatic hydroxyl groups is 5. The predicted molar refractivity (Wildman–Crippen MR) is 124 cm³/mol. The van der Waals surface area contributed by atoms with Crippen molar-refractivity contribution in [2.75, 3.05) is 6.61 Å². The van der Waals surface area contributed by atoms with Gasteiger partial charge in [0.1, 0.15) is 36.4 Å². The Morgan fingerprint density at radius 3 is 2.21 bits per heavy atom. The lowest BCUT2D eigenvalue weighted by molar-refractivity contribution is -0.280. The van der Waals surface area contributed by atoms with Crippen molar-refractivity contribution in [2.24, 2.45) is 0 Å². The molecule has 0 radical (unpaired) electrons. The first-order valence-electron chi connectivity index (χ1n) is 11.1. The number of hydrogen-bond donors (Lipinski definition) is 7. The third-order valence-corrected chi connectivity index (χ3v) is 5.65. The van der Waals surface area contributed by atoms with Gasteiger partial charge >= 0.3 is 17.9 Å². The van der Waals surface area contributed by atoms with Gasteiger partial charge in [-0.1, -0.05) is 0 Å². The van der Waals surface area contributed by atoms with Gasteiger partial charge in [0, 0.05) is 25.1 Å². The Hall–Kier alpha value is -4.73. The highest BCUT2D eigenvalue weighted by molar-refractivity contribution is 5.91. The summed E-state index contributed by atoms with van der Waals surface area (Å²) in [6.45, 7) is 0.514. The number of aliphatic hydroxyl groups is 2. The van der Waals surface area contributed by atoms with Crippen LogP contribution >= 0.6 is 0 Å². The number of aliphatic hydroxyl groups excluding tert-OH is 2. The average molecular weight is 550 g/mol. The van der Waals surface area contributed by atoms with Gasteiger partial charge in [0.2, 0.25) is 6.29 Å². The highest BCUT2D eigenvalue weighted by atomic mass is 16.7. The monoisotopic (exact) mass is 550 g/mol.